The Morgan fingerprint density at radius 1 is 0.622 bits per heavy atom. The summed E-state index contributed by atoms with van der Waals surface area (Å²) in [5.74, 6) is 0.615. The summed E-state index contributed by atoms with van der Waals surface area (Å²) in [6, 6.07) is 9.61. The summed E-state index contributed by atoms with van der Waals surface area (Å²) in [5.41, 5.74) is 3.10. The molecule has 2 saturated carbocycles. The number of rotatable bonds is 11. The van der Waals surface area contributed by atoms with Gasteiger partial charge in [0.2, 0.25) is 0 Å². The lowest BCUT2D eigenvalue weighted by Crippen LogP contribution is -2.16. The van der Waals surface area contributed by atoms with Crippen molar-refractivity contribution in [2.24, 2.45) is 11.8 Å². The van der Waals surface area contributed by atoms with Gasteiger partial charge < -0.3 is 0 Å². The largest absolute Gasteiger partial charge is 0.207 e. The Balaban J connectivity index is 1.26. The average Bonchev–Trinajstić information content (AvgIpc) is 2.92. The molecule has 0 unspecified atom stereocenters. The smallest absolute Gasteiger partial charge is 0.162 e. The molecule has 0 spiro atoms. The van der Waals surface area contributed by atoms with Crippen LogP contribution in [0, 0.1) is 29.3 Å². The van der Waals surface area contributed by atoms with Crippen molar-refractivity contribution in [2.45, 2.75) is 128 Å². The summed E-state index contributed by atoms with van der Waals surface area (Å²) in [6.07, 6.45) is 16.6. The first kappa shape index (κ1) is 28.2. The van der Waals surface area contributed by atoms with Gasteiger partial charge in [-0.2, -0.15) is 0 Å². The van der Waals surface area contributed by atoms with Crippen LogP contribution in [-0.4, -0.2) is 0 Å². The number of halogens is 3. The van der Waals surface area contributed by atoms with E-state index < -0.39 is 11.6 Å². The molecule has 0 aromatic heterocycles. The Morgan fingerprint density at radius 3 is 1.92 bits per heavy atom. The van der Waals surface area contributed by atoms with Crippen molar-refractivity contribution in [3.8, 4) is 0 Å². The summed E-state index contributed by atoms with van der Waals surface area (Å²) < 4.78 is 44.7. The van der Waals surface area contributed by atoms with Gasteiger partial charge in [0.25, 0.3) is 0 Å². The molecule has 4 rings (SSSR count). The quantitative estimate of drug-likeness (QED) is 0.263. The molecule has 0 saturated heterocycles. The van der Waals surface area contributed by atoms with Crippen LogP contribution in [0.15, 0.2) is 30.3 Å². The molecule has 2 aromatic carbocycles. The maximum atomic E-state index is 15.0. The van der Waals surface area contributed by atoms with Crippen LogP contribution in [0.4, 0.5) is 13.2 Å². The van der Waals surface area contributed by atoms with E-state index in [1.54, 1.807) is 6.07 Å². The molecule has 2 aliphatic carbocycles. The minimum atomic E-state index is -0.614. The topological polar surface area (TPSA) is 0 Å². The standard InChI is InChI=1S/C34H47F3/c1-3-5-6-8-28-19-20-30(23-32(28)35)26-14-9-25(10-15-26)13-18-29-21-22-31(34(37)33(29)36)27-16-11-24(7-4-2)12-17-27/h19-27H,3-18H2,1-2H3. The molecule has 0 bridgehead atoms. The first-order valence-corrected chi connectivity index (χ1v) is 15.2. The van der Waals surface area contributed by atoms with Gasteiger partial charge in [-0.3, -0.25) is 0 Å². The fourth-order valence-corrected chi connectivity index (χ4v) is 7.01. The molecule has 2 fully saturated rings. The van der Waals surface area contributed by atoms with Crippen molar-refractivity contribution >= 4 is 0 Å². The van der Waals surface area contributed by atoms with E-state index in [0.29, 0.717) is 29.4 Å². The SMILES string of the molecule is CCCCCc1ccc(C2CCC(CCc3ccc(C4CCC(CCC)CC4)c(F)c3F)CC2)cc1F. The lowest BCUT2D eigenvalue weighted by Gasteiger charge is -2.30. The fraction of sp³-hybridized carbons (Fsp3) is 0.647. The normalized spacial score (nSPS) is 24.4. The van der Waals surface area contributed by atoms with E-state index in [-0.39, 0.29) is 11.7 Å². The maximum Gasteiger partial charge on any atom is 0.162 e. The zero-order valence-corrected chi connectivity index (χ0v) is 23.1. The van der Waals surface area contributed by atoms with Gasteiger partial charge in [-0.1, -0.05) is 63.8 Å². The molecule has 37 heavy (non-hydrogen) atoms. The van der Waals surface area contributed by atoms with Crippen LogP contribution in [0.1, 0.15) is 138 Å². The summed E-state index contributed by atoms with van der Waals surface area (Å²) in [7, 11) is 0. The first-order valence-electron chi connectivity index (χ1n) is 15.2. The highest BCUT2D eigenvalue weighted by atomic mass is 19.2. The van der Waals surface area contributed by atoms with Crippen LogP contribution in [0.25, 0.3) is 0 Å². The van der Waals surface area contributed by atoms with Crippen LogP contribution in [-0.2, 0) is 12.8 Å². The predicted octanol–water partition coefficient (Wildman–Crippen LogP) is 10.8. The van der Waals surface area contributed by atoms with E-state index >= 15 is 8.78 Å². The second-order valence-electron chi connectivity index (χ2n) is 12.0. The Hall–Kier alpha value is -1.77. The van der Waals surface area contributed by atoms with Crippen LogP contribution in [0.3, 0.4) is 0 Å². The second kappa shape index (κ2) is 13.9. The Morgan fingerprint density at radius 2 is 1.27 bits per heavy atom. The van der Waals surface area contributed by atoms with E-state index in [0.717, 1.165) is 101 Å². The second-order valence-corrected chi connectivity index (χ2v) is 12.0. The highest BCUT2D eigenvalue weighted by molar-refractivity contribution is 5.30. The zero-order chi connectivity index (χ0) is 26.2. The van der Waals surface area contributed by atoms with Crippen molar-refractivity contribution in [3.63, 3.8) is 0 Å². The van der Waals surface area contributed by atoms with Gasteiger partial charge >= 0.3 is 0 Å². The number of hydrogen-bond acceptors (Lipinski definition) is 0. The first-order chi connectivity index (χ1) is 18.0. The number of hydrogen-bond donors (Lipinski definition) is 0. The van der Waals surface area contributed by atoms with Gasteiger partial charge in [0.05, 0.1) is 0 Å². The molecule has 3 heteroatoms. The predicted molar refractivity (Wildman–Crippen MR) is 149 cm³/mol. The number of aryl methyl sites for hydroxylation is 2. The molecule has 204 valence electrons. The molecule has 0 atom stereocenters. The molecule has 0 heterocycles. The van der Waals surface area contributed by atoms with Crippen LogP contribution in [0.2, 0.25) is 0 Å². The van der Waals surface area contributed by atoms with Crippen molar-refractivity contribution in [1.29, 1.82) is 0 Å². The summed E-state index contributed by atoms with van der Waals surface area (Å²) >= 11 is 0. The molecular weight excluding hydrogens is 465 g/mol. The van der Waals surface area contributed by atoms with Gasteiger partial charge in [-0.25, -0.2) is 13.2 Å². The molecule has 0 N–H and O–H groups in total. The van der Waals surface area contributed by atoms with Crippen LogP contribution < -0.4 is 0 Å². The monoisotopic (exact) mass is 512 g/mol. The Labute approximate surface area is 223 Å². The van der Waals surface area contributed by atoms with E-state index in [4.69, 9.17) is 0 Å². The van der Waals surface area contributed by atoms with Crippen LogP contribution >= 0.6 is 0 Å². The maximum absolute atomic E-state index is 15.0. The molecular formula is C34H47F3. The fourth-order valence-electron chi connectivity index (χ4n) is 7.01. The summed E-state index contributed by atoms with van der Waals surface area (Å²) in [6.45, 7) is 4.39. The van der Waals surface area contributed by atoms with Gasteiger partial charge in [0.15, 0.2) is 11.6 Å². The van der Waals surface area contributed by atoms with E-state index in [9.17, 15) is 4.39 Å². The lowest BCUT2D eigenvalue weighted by molar-refractivity contribution is 0.301. The van der Waals surface area contributed by atoms with Gasteiger partial charge in [0.1, 0.15) is 5.82 Å². The van der Waals surface area contributed by atoms with E-state index in [1.165, 1.54) is 12.8 Å². The van der Waals surface area contributed by atoms with Gasteiger partial charge in [-0.05, 0) is 129 Å². The third kappa shape index (κ3) is 7.42. The molecule has 0 aliphatic heterocycles. The Kier molecular flexibility index (Phi) is 10.6. The van der Waals surface area contributed by atoms with Crippen molar-refractivity contribution in [1.82, 2.24) is 0 Å². The molecule has 0 radical (unpaired) electrons. The van der Waals surface area contributed by atoms with Crippen molar-refractivity contribution in [3.05, 3.63) is 70.0 Å². The minimum absolute atomic E-state index is 0.0503. The molecule has 0 nitrogen and oxygen atoms in total. The molecule has 0 amide bonds. The number of benzene rings is 2. The molecule has 2 aliphatic rings. The summed E-state index contributed by atoms with van der Waals surface area (Å²) in [5, 5.41) is 0. The third-order valence-electron chi connectivity index (χ3n) is 9.44. The van der Waals surface area contributed by atoms with Crippen molar-refractivity contribution in [2.75, 3.05) is 0 Å². The van der Waals surface area contributed by atoms with Gasteiger partial charge in [-0.15, -0.1) is 0 Å². The van der Waals surface area contributed by atoms with E-state index in [1.807, 2.05) is 18.2 Å². The van der Waals surface area contributed by atoms with Crippen LogP contribution in [0.5, 0.6) is 0 Å². The van der Waals surface area contributed by atoms with Gasteiger partial charge in [0, 0.05) is 0 Å². The average molecular weight is 513 g/mol. The lowest BCUT2D eigenvalue weighted by atomic mass is 9.76. The zero-order valence-electron chi connectivity index (χ0n) is 23.1. The minimum Gasteiger partial charge on any atom is -0.207 e. The highest BCUT2D eigenvalue weighted by Gasteiger charge is 2.27. The highest BCUT2D eigenvalue weighted by Crippen LogP contribution is 2.40. The van der Waals surface area contributed by atoms with Crippen molar-refractivity contribution < 1.29 is 13.2 Å². The van der Waals surface area contributed by atoms with E-state index in [2.05, 4.69) is 19.9 Å². The molecule has 2 aromatic rings. The Bertz CT molecular complexity index is 981. The summed E-state index contributed by atoms with van der Waals surface area (Å²) in [4.78, 5) is 0. The number of unbranched alkanes of at least 4 members (excludes halogenated alkanes) is 2. The third-order valence-corrected chi connectivity index (χ3v) is 9.44.